The van der Waals surface area contributed by atoms with E-state index in [1.807, 2.05) is 54.6 Å². The van der Waals surface area contributed by atoms with Gasteiger partial charge in [-0.3, -0.25) is 4.79 Å². The molecule has 1 aliphatic carbocycles. The Balaban J connectivity index is 1.58. The summed E-state index contributed by atoms with van der Waals surface area (Å²) in [6.07, 6.45) is 2.91. The lowest BCUT2D eigenvalue weighted by molar-refractivity contribution is -0.133. The zero-order valence-electron chi connectivity index (χ0n) is 17.9. The number of hydrogen-bond donors (Lipinski definition) is 2. The topological polar surface area (TPSA) is 81.6 Å². The largest absolute Gasteiger partial charge is 0.348 e. The van der Waals surface area contributed by atoms with E-state index in [0.29, 0.717) is 0 Å². The van der Waals surface area contributed by atoms with E-state index in [0.717, 1.165) is 33.0 Å². The number of nitrogens with zero attached hydrogens (tertiary/aromatic N) is 2. The molecule has 0 saturated heterocycles. The lowest BCUT2D eigenvalue weighted by atomic mass is 9.72. The summed E-state index contributed by atoms with van der Waals surface area (Å²) in [5.41, 5.74) is 3.85. The first-order chi connectivity index (χ1) is 16.0. The van der Waals surface area contributed by atoms with Crippen LogP contribution in [0.15, 0.2) is 66.0 Å². The number of carbonyl (C=O) groups excluding carboxylic acids is 1. The van der Waals surface area contributed by atoms with Gasteiger partial charge in [0.2, 0.25) is 11.8 Å². The van der Waals surface area contributed by atoms with Crippen LogP contribution in [-0.4, -0.2) is 28.3 Å². The van der Waals surface area contributed by atoms with Gasteiger partial charge in [-0.25, -0.2) is 13.8 Å². The average Bonchev–Trinajstić information content (AvgIpc) is 3.35. The Bertz CT molecular complexity index is 1130. The van der Waals surface area contributed by atoms with Crippen molar-refractivity contribution in [1.29, 1.82) is 5.26 Å². The molecule has 5 nitrogen and oxygen atoms in total. The van der Waals surface area contributed by atoms with Crippen LogP contribution in [0.5, 0.6) is 0 Å². The predicted molar refractivity (Wildman–Crippen MR) is 124 cm³/mol. The van der Waals surface area contributed by atoms with Gasteiger partial charge in [0.25, 0.3) is 0 Å². The third kappa shape index (κ3) is 5.60. The van der Waals surface area contributed by atoms with Crippen LogP contribution in [0.2, 0.25) is 0 Å². The molecule has 2 unspecified atom stereocenters. The molecule has 1 aromatic heterocycles. The Hall–Kier alpha value is -3.18. The summed E-state index contributed by atoms with van der Waals surface area (Å²) in [7, 11) is 0. The quantitative estimate of drug-likeness (QED) is 0.354. The van der Waals surface area contributed by atoms with Crippen molar-refractivity contribution in [3.05, 3.63) is 72.3 Å². The monoisotopic (exact) mass is 466 g/mol. The van der Waals surface area contributed by atoms with Crippen LogP contribution in [0.3, 0.4) is 0 Å². The van der Waals surface area contributed by atoms with E-state index < -0.39 is 24.2 Å². The van der Waals surface area contributed by atoms with E-state index in [-0.39, 0.29) is 25.3 Å². The van der Waals surface area contributed by atoms with Crippen LogP contribution in [0, 0.1) is 17.2 Å². The maximum Gasteiger partial charge on any atom is 0.249 e. The Kier molecular flexibility index (Phi) is 7.09. The number of H-pyrrole nitrogens is 1. The van der Waals surface area contributed by atoms with E-state index in [2.05, 4.69) is 15.3 Å². The summed E-state index contributed by atoms with van der Waals surface area (Å²) in [5, 5.41) is 11.3. The molecule has 1 saturated carbocycles. The summed E-state index contributed by atoms with van der Waals surface area (Å²) >= 11 is 1.69. The second-order valence-corrected chi connectivity index (χ2v) is 9.21. The number of rotatable bonds is 7. The number of hydrogen-bond acceptors (Lipinski definition) is 4. The minimum absolute atomic E-state index is 0.188. The highest BCUT2D eigenvalue weighted by Crippen LogP contribution is 2.47. The molecule has 0 spiro atoms. The molecule has 2 N–H and O–H groups in total. The Labute approximate surface area is 195 Å². The molecule has 0 bridgehead atoms. The minimum atomic E-state index is -2.88. The van der Waals surface area contributed by atoms with Gasteiger partial charge in [-0.1, -0.05) is 36.4 Å². The van der Waals surface area contributed by atoms with Gasteiger partial charge in [0.15, 0.2) is 0 Å². The molecule has 1 amide bonds. The van der Waals surface area contributed by atoms with Gasteiger partial charge < -0.3 is 10.3 Å². The smallest absolute Gasteiger partial charge is 0.249 e. The van der Waals surface area contributed by atoms with Gasteiger partial charge >= 0.3 is 0 Å². The van der Waals surface area contributed by atoms with Crippen molar-refractivity contribution in [2.45, 2.75) is 41.8 Å². The first-order valence-electron chi connectivity index (χ1n) is 10.8. The fourth-order valence-electron chi connectivity index (χ4n) is 4.38. The maximum absolute atomic E-state index is 14.2. The van der Waals surface area contributed by atoms with Crippen molar-refractivity contribution in [3.8, 4) is 17.2 Å². The van der Waals surface area contributed by atoms with Crippen molar-refractivity contribution in [2.75, 3.05) is 6.54 Å². The number of aromatic nitrogens is 2. The summed E-state index contributed by atoms with van der Waals surface area (Å²) in [5.74, 6) is -3.80. The first-order valence-corrected chi connectivity index (χ1v) is 11.8. The van der Waals surface area contributed by atoms with Crippen molar-refractivity contribution in [2.24, 2.45) is 5.92 Å². The molecule has 1 heterocycles. The lowest BCUT2D eigenvalue weighted by Gasteiger charge is -2.36. The standard InChI is InChI=1S/C25H24F2N4OS/c26-25(27)10-9-22(23(13-25)24(32)30-12-11-28)21-4-2-1-3-20(21)17-5-7-19(8-6-17)33-15-18-14-29-16-31-18/h1-8,14,16,22-23H,9-10,12-13,15H2,(H,29,31)(H,30,32). The summed E-state index contributed by atoms with van der Waals surface area (Å²) < 4.78 is 28.4. The second-order valence-electron chi connectivity index (χ2n) is 8.16. The fourth-order valence-corrected chi connectivity index (χ4v) is 5.19. The van der Waals surface area contributed by atoms with Crippen molar-refractivity contribution < 1.29 is 13.6 Å². The average molecular weight is 467 g/mol. The van der Waals surface area contributed by atoms with Gasteiger partial charge in [0.1, 0.15) is 6.54 Å². The van der Waals surface area contributed by atoms with Crippen molar-refractivity contribution >= 4 is 17.7 Å². The lowest BCUT2D eigenvalue weighted by Crippen LogP contribution is -2.41. The summed E-state index contributed by atoms with van der Waals surface area (Å²) in [6.45, 7) is -0.188. The number of nitriles is 1. The molecule has 4 rings (SSSR count). The SMILES string of the molecule is N#CCNC(=O)C1CC(F)(F)CCC1c1ccccc1-c1ccc(SCc2cnc[nH]2)cc1. The van der Waals surface area contributed by atoms with E-state index in [9.17, 15) is 13.6 Å². The zero-order chi connectivity index (χ0) is 23.3. The van der Waals surface area contributed by atoms with Crippen LogP contribution in [-0.2, 0) is 10.5 Å². The van der Waals surface area contributed by atoms with Crippen LogP contribution in [0.1, 0.15) is 36.4 Å². The number of amides is 1. The summed E-state index contributed by atoms with van der Waals surface area (Å²) in [6, 6.07) is 17.7. The van der Waals surface area contributed by atoms with Crippen LogP contribution in [0.4, 0.5) is 8.78 Å². The third-order valence-corrected chi connectivity index (χ3v) is 7.04. The van der Waals surface area contributed by atoms with Crippen LogP contribution < -0.4 is 5.32 Å². The highest BCUT2D eigenvalue weighted by molar-refractivity contribution is 7.98. The number of aromatic amines is 1. The predicted octanol–water partition coefficient (Wildman–Crippen LogP) is 5.53. The molecule has 0 radical (unpaired) electrons. The van der Waals surface area contributed by atoms with Gasteiger partial charge in [0, 0.05) is 35.4 Å². The van der Waals surface area contributed by atoms with Gasteiger partial charge in [0.05, 0.1) is 18.3 Å². The number of alkyl halides is 2. The van der Waals surface area contributed by atoms with E-state index in [4.69, 9.17) is 5.26 Å². The molecule has 0 aliphatic heterocycles. The normalized spacial score (nSPS) is 19.5. The number of thioether (sulfide) groups is 1. The zero-order valence-corrected chi connectivity index (χ0v) is 18.7. The van der Waals surface area contributed by atoms with Gasteiger partial charge in [-0.05, 0) is 41.2 Å². The second kappa shape index (κ2) is 10.2. The van der Waals surface area contributed by atoms with Crippen molar-refractivity contribution in [3.63, 3.8) is 0 Å². The molecule has 33 heavy (non-hydrogen) atoms. The highest BCUT2D eigenvalue weighted by Gasteiger charge is 2.45. The number of benzene rings is 2. The van der Waals surface area contributed by atoms with E-state index in [1.54, 1.807) is 24.3 Å². The third-order valence-electron chi connectivity index (χ3n) is 5.98. The molecule has 170 valence electrons. The molecular weight excluding hydrogens is 442 g/mol. The van der Waals surface area contributed by atoms with Gasteiger partial charge in [-0.15, -0.1) is 11.8 Å². The van der Waals surface area contributed by atoms with E-state index in [1.165, 1.54) is 0 Å². The Morgan fingerprint density at radius 1 is 1.24 bits per heavy atom. The molecular formula is C25H24F2N4OS. The maximum atomic E-state index is 14.2. The molecule has 8 heteroatoms. The first kappa shape index (κ1) is 23.0. The Morgan fingerprint density at radius 2 is 2.03 bits per heavy atom. The summed E-state index contributed by atoms with van der Waals surface area (Å²) in [4.78, 5) is 20.9. The Morgan fingerprint density at radius 3 is 2.76 bits per heavy atom. The highest BCUT2D eigenvalue weighted by atomic mass is 32.2. The number of carbonyl (C=O) groups is 1. The minimum Gasteiger partial charge on any atom is -0.348 e. The molecule has 2 aromatic carbocycles. The number of halogens is 2. The fraction of sp³-hybridized carbons (Fsp3) is 0.320. The molecule has 2 atom stereocenters. The van der Waals surface area contributed by atoms with E-state index >= 15 is 0 Å². The van der Waals surface area contributed by atoms with Crippen molar-refractivity contribution in [1.82, 2.24) is 15.3 Å². The van der Waals surface area contributed by atoms with Gasteiger partial charge in [-0.2, -0.15) is 5.26 Å². The number of imidazole rings is 1. The van der Waals surface area contributed by atoms with Crippen LogP contribution >= 0.6 is 11.8 Å². The molecule has 3 aromatic rings. The van der Waals surface area contributed by atoms with Crippen LogP contribution in [0.25, 0.3) is 11.1 Å². The number of nitrogens with one attached hydrogen (secondary N) is 2. The molecule has 1 aliphatic rings. The molecule has 1 fully saturated rings.